The molecule has 5 aromatic rings. The molecule has 244 valence electrons. The van der Waals surface area contributed by atoms with E-state index in [0.717, 1.165) is 12.1 Å². The van der Waals surface area contributed by atoms with Crippen molar-refractivity contribution in [3.63, 3.8) is 0 Å². The highest BCUT2D eigenvalue weighted by Gasteiger charge is 2.26. The number of rotatable bonds is 7. The molecule has 6 rings (SSSR count). The van der Waals surface area contributed by atoms with E-state index in [1.54, 1.807) is 30.3 Å². The van der Waals surface area contributed by atoms with Gasteiger partial charge in [0.25, 0.3) is 0 Å². The van der Waals surface area contributed by atoms with Crippen molar-refractivity contribution in [1.29, 1.82) is 0 Å². The van der Waals surface area contributed by atoms with Gasteiger partial charge in [-0.3, -0.25) is 0 Å². The van der Waals surface area contributed by atoms with Crippen LogP contribution in [0.25, 0.3) is 39.1 Å². The number of hydrogen-bond acceptors (Lipinski definition) is 10. The molecule has 48 heavy (non-hydrogen) atoms. The highest BCUT2D eigenvalue weighted by Crippen LogP contribution is 2.49. The summed E-state index contributed by atoms with van der Waals surface area (Å²) in [4.78, 5) is 24.6. The molecule has 0 amide bonds. The van der Waals surface area contributed by atoms with E-state index in [2.05, 4.69) is 0 Å². The zero-order chi connectivity index (χ0) is 34.3. The average molecular weight is 651 g/mol. The number of benzene rings is 5. The van der Waals surface area contributed by atoms with Crippen LogP contribution in [-0.4, -0.2) is 58.9 Å². The minimum absolute atomic E-state index is 0.114. The van der Waals surface area contributed by atoms with Crippen molar-refractivity contribution in [3.05, 3.63) is 95.1 Å². The van der Waals surface area contributed by atoms with Gasteiger partial charge in [0.2, 0.25) is 6.10 Å². The Morgan fingerprint density at radius 2 is 1.46 bits per heavy atom. The number of aliphatic carboxylic acids is 1. The minimum atomic E-state index is -1.62. The fraction of sp³-hybridized carbons (Fsp3) is 0.135. The van der Waals surface area contributed by atoms with Gasteiger partial charge in [0, 0.05) is 29.0 Å². The monoisotopic (exact) mass is 650 g/mol. The van der Waals surface area contributed by atoms with Crippen LogP contribution in [0.3, 0.4) is 0 Å². The summed E-state index contributed by atoms with van der Waals surface area (Å²) in [6.45, 7) is 0. The summed E-state index contributed by atoms with van der Waals surface area (Å²) in [5.41, 5.74) is 4.18. The topological polar surface area (TPSA) is 205 Å². The van der Waals surface area contributed by atoms with E-state index in [-0.39, 0.29) is 40.4 Å². The number of esters is 1. The van der Waals surface area contributed by atoms with Gasteiger partial charge in [0.15, 0.2) is 34.5 Å². The van der Waals surface area contributed by atoms with Crippen LogP contribution in [0.4, 0.5) is 0 Å². The molecule has 0 aliphatic heterocycles. The third kappa shape index (κ3) is 5.84. The maximum Gasteiger partial charge on any atom is 0.345 e. The largest absolute Gasteiger partial charge is 0.508 e. The van der Waals surface area contributed by atoms with Crippen molar-refractivity contribution in [2.75, 3.05) is 0 Å². The first kappa shape index (κ1) is 31.6. The van der Waals surface area contributed by atoms with E-state index < -0.39 is 35.3 Å². The third-order valence-electron chi connectivity index (χ3n) is 8.48. The third-order valence-corrected chi connectivity index (χ3v) is 8.48. The smallest absolute Gasteiger partial charge is 0.345 e. The molecule has 0 spiro atoms. The van der Waals surface area contributed by atoms with Crippen molar-refractivity contribution in [3.8, 4) is 62.5 Å². The Hall–Kier alpha value is -6.36. The normalized spacial score (nSPS) is 13.1. The zero-order valence-corrected chi connectivity index (χ0v) is 25.2. The van der Waals surface area contributed by atoms with Crippen LogP contribution in [0.5, 0.6) is 40.2 Å². The molecule has 1 aliphatic rings. The van der Waals surface area contributed by atoms with Gasteiger partial charge in [0.1, 0.15) is 5.75 Å². The van der Waals surface area contributed by atoms with Crippen LogP contribution < -0.4 is 0 Å². The van der Waals surface area contributed by atoms with Crippen LogP contribution in [0.1, 0.15) is 28.7 Å². The molecule has 0 radical (unpaired) electrons. The molecule has 0 saturated carbocycles. The highest BCUT2D eigenvalue weighted by atomic mass is 16.6. The maximum absolute atomic E-state index is 12.8. The van der Waals surface area contributed by atoms with Crippen molar-refractivity contribution in [1.82, 2.24) is 0 Å². The predicted octanol–water partition coefficient (Wildman–Crippen LogP) is 5.85. The Balaban J connectivity index is 1.40. The molecule has 0 bridgehead atoms. The molecular weight excluding hydrogens is 620 g/mol. The second-order valence-electron chi connectivity index (χ2n) is 11.5. The van der Waals surface area contributed by atoms with Crippen molar-refractivity contribution < 1.29 is 55.2 Å². The number of carbonyl (C=O) groups excluding carboxylic acids is 1. The summed E-state index contributed by atoms with van der Waals surface area (Å²) in [7, 11) is 0. The van der Waals surface area contributed by atoms with Gasteiger partial charge in [-0.1, -0.05) is 24.3 Å². The van der Waals surface area contributed by atoms with Crippen molar-refractivity contribution >= 4 is 28.8 Å². The molecule has 1 aliphatic carbocycles. The molecule has 0 saturated heterocycles. The quantitative estimate of drug-likeness (QED) is 0.0595. The molecule has 1 unspecified atom stereocenters. The van der Waals surface area contributed by atoms with Gasteiger partial charge in [-0.25, -0.2) is 9.59 Å². The number of fused-ring (bicyclic) bond motifs is 4. The highest BCUT2D eigenvalue weighted by molar-refractivity contribution is 6.02. The number of carboxylic acids is 1. The van der Waals surface area contributed by atoms with Gasteiger partial charge in [-0.15, -0.1) is 0 Å². The van der Waals surface area contributed by atoms with Crippen LogP contribution in [0.2, 0.25) is 0 Å². The fourth-order valence-corrected chi connectivity index (χ4v) is 6.16. The SMILES string of the molecule is O=C(C=Cc1cc(O)c(O)c2ccc(-c3cc(O)c(O)c4c3-c3cccc(O)c3CCC4)cc12)OC(Cc1ccc(O)c(O)c1)C(=O)O. The number of phenolic OH excluding ortho intramolecular Hbond substituents is 7. The molecule has 11 nitrogen and oxygen atoms in total. The van der Waals surface area contributed by atoms with E-state index in [1.807, 2.05) is 6.07 Å². The summed E-state index contributed by atoms with van der Waals surface area (Å²) in [5.74, 6) is -4.66. The lowest BCUT2D eigenvalue weighted by atomic mass is 9.86. The molecular formula is C37H30O11. The first-order valence-corrected chi connectivity index (χ1v) is 14.9. The molecule has 0 aromatic heterocycles. The second kappa shape index (κ2) is 12.4. The predicted molar refractivity (Wildman–Crippen MR) is 175 cm³/mol. The standard InChI is InChI=1S/C37H30O11/c38-27-6-2-4-22-21(27)3-1-5-24-34(22)26(17-31(42)36(24)45)19-8-10-23-25(15-19)20(16-30(41)35(23)44)9-12-33(43)48-32(37(46)47)14-18-7-11-28(39)29(40)13-18/h2,4,6-13,15-17,32,38-42,44-45H,1,3,5,14H2,(H,46,47). The Kier molecular flexibility index (Phi) is 8.20. The number of phenols is 7. The zero-order valence-electron chi connectivity index (χ0n) is 25.2. The van der Waals surface area contributed by atoms with Gasteiger partial charge < -0.3 is 45.6 Å². The van der Waals surface area contributed by atoms with Crippen LogP contribution in [-0.2, 0) is 33.6 Å². The Morgan fingerprint density at radius 3 is 2.21 bits per heavy atom. The van der Waals surface area contributed by atoms with Gasteiger partial charge in [-0.05, 0) is 107 Å². The minimum Gasteiger partial charge on any atom is -0.508 e. The fourth-order valence-electron chi connectivity index (χ4n) is 6.16. The Bertz CT molecular complexity index is 2150. The summed E-state index contributed by atoms with van der Waals surface area (Å²) < 4.78 is 5.15. The van der Waals surface area contributed by atoms with Crippen LogP contribution in [0, 0.1) is 0 Å². The first-order valence-electron chi connectivity index (χ1n) is 14.9. The lowest BCUT2D eigenvalue weighted by Crippen LogP contribution is -2.28. The number of hydrogen-bond donors (Lipinski definition) is 8. The molecule has 5 aromatic carbocycles. The van der Waals surface area contributed by atoms with E-state index in [9.17, 15) is 50.4 Å². The summed E-state index contributed by atoms with van der Waals surface area (Å²) >= 11 is 0. The summed E-state index contributed by atoms with van der Waals surface area (Å²) in [6.07, 6.45) is 1.94. The van der Waals surface area contributed by atoms with Gasteiger partial charge >= 0.3 is 11.9 Å². The lowest BCUT2D eigenvalue weighted by Gasteiger charge is -2.19. The summed E-state index contributed by atoms with van der Waals surface area (Å²) in [5, 5.41) is 82.9. The number of ether oxygens (including phenoxy) is 1. The van der Waals surface area contributed by atoms with Gasteiger partial charge in [-0.2, -0.15) is 0 Å². The van der Waals surface area contributed by atoms with Crippen LogP contribution in [0.15, 0.2) is 72.8 Å². The van der Waals surface area contributed by atoms with E-state index in [0.29, 0.717) is 63.6 Å². The van der Waals surface area contributed by atoms with E-state index >= 15 is 0 Å². The second-order valence-corrected chi connectivity index (χ2v) is 11.5. The average Bonchev–Trinajstić information content (AvgIpc) is 3.26. The number of aromatic hydroxyl groups is 7. The molecule has 0 fully saturated rings. The van der Waals surface area contributed by atoms with E-state index in [1.165, 1.54) is 30.3 Å². The van der Waals surface area contributed by atoms with Crippen molar-refractivity contribution in [2.24, 2.45) is 0 Å². The summed E-state index contributed by atoms with van der Waals surface area (Å²) in [6, 6.07) is 16.4. The number of carboxylic acid groups (broad SMARTS) is 1. The Labute approximate surface area is 273 Å². The van der Waals surface area contributed by atoms with Crippen molar-refractivity contribution in [2.45, 2.75) is 31.8 Å². The molecule has 8 N–H and O–H groups in total. The lowest BCUT2D eigenvalue weighted by molar-refractivity contribution is -0.160. The van der Waals surface area contributed by atoms with Gasteiger partial charge in [0.05, 0.1) is 0 Å². The first-order chi connectivity index (χ1) is 22.9. The Morgan fingerprint density at radius 1 is 0.708 bits per heavy atom. The van der Waals surface area contributed by atoms with Crippen LogP contribution >= 0.6 is 0 Å². The maximum atomic E-state index is 12.8. The number of carbonyl (C=O) groups is 2. The van der Waals surface area contributed by atoms with E-state index in [4.69, 9.17) is 4.74 Å². The molecule has 11 heteroatoms. The molecule has 0 heterocycles. The molecule has 1 atom stereocenters.